The van der Waals surface area contributed by atoms with Crippen molar-refractivity contribution in [3.63, 3.8) is 0 Å². The minimum absolute atomic E-state index is 0.0325. The van der Waals surface area contributed by atoms with Crippen LogP contribution in [0.4, 0.5) is 28.4 Å². The number of nitro groups is 1. The van der Waals surface area contributed by atoms with Crippen molar-refractivity contribution in [1.29, 1.82) is 0 Å². The number of anilines is 2. The van der Waals surface area contributed by atoms with E-state index in [-0.39, 0.29) is 28.5 Å². The smallest absolute Gasteiger partial charge is 0.294 e. The number of hydroxylamine groups is 1. The van der Waals surface area contributed by atoms with Gasteiger partial charge in [0.2, 0.25) is 0 Å². The van der Waals surface area contributed by atoms with Gasteiger partial charge in [0.1, 0.15) is 22.8 Å². The second kappa shape index (κ2) is 6.65. The second-order valence-electron chi connectivity index (χ2n) is 5.60. The average Bonchev–Trinajstić information content (AvgIpc) is 2.61. The van der Waals surface area contributed by atoms with Crippen LogP contribution in [0, 0.1) is 10.1 Å². The first kappa shape index (κ1) is 17.1. The van der Waals surface area contributed by atoms with Crippen molar-refractivity contribution >= 4 is 39.2 Å². The quantitative estimate of drug-likeness (QED) is 0.242. The normalized spacial score (nSPS) is 11.2. The van der Waals surface area contributed by atoms with Crippen LogP contribution in [-0.4, -0.2) is 22.3 Å². The summed E-state index contributed by atoms with van der Waals surface area (Å²) < 4.78 is 0. The molecule has 0 aliphatic rings. The van der Waals surface area contributed by atoms with E-state index in [0.29, 0.717) is 11.1 Å². The molecule has 0 fully saturated rings. The highest BCUT2D eigenvalue weighted by atomic mass is 16.6. The van der Waals surface area contributed by atoms with E-state index in [9.17, 15) is 15.2 Å². The number of nitrogen functional groups attached to an aromatic ring is 1. The number of hydrogen-bond acceptors (Lipinski definition) is 7. The van der Waals surface area contributed by atoms with E-state index >= 15 is 0 Å². The maximum atomic E-state index is 11.0. The SMILES string of the molecule is CN([OH2+])c1ccc2ccc(O)c(N=Nc3ccc(N)c([N+](=O)[O-])c3)c2c1. The van der Waals surface area contributed by atoms with Crippen LogP contribution in [0.15, 0.2) is 58.8 Å². The van der Waals surface area contributed by atoms with Gasteiger partial charge in [0.15, 0.2) is 0 Å². The molecular weight excluding hydrogens is 338 g/mol. The molecule has 9 nitrogen and oxygen atoms in total. The molecule has 0 aliphatic carbocycles. The van der Waals surface area contributed by atoms with Crippen molar-refractivity contribution in [2.24, 2.45) is 10.2 Å². The van der Waals surface area contributed by atoms with Crippen LogP contribution in [0.1, 0.15) is 0 Å². The van der Waals surface area contributed by atoms with Gasteiger partial charge < -0.3 is 16.0 Å². The number of nitro benzene ring substituents is 1. The Morgan fingerprint density at radius 1 is 1.15 bits per heavy atom. The number of nitrogens with two attached hydrogens (primary N) is 1. The predicted octanol–water partition coefficient (Wildman–Crippen LogP) is 3.53. The lowest BCUT2D eigenvalue weighted by molar-refractivity contribution is -0.383. The summed E-state index contributed by atoms with van der Waals surface area (Å²) >= 11 is 0. The fourth-order valence-corrected chi connectivity index (χ4v) is 2.45. The van der Waals surface area contributed by atoms with E-state index < -0.39 is 4.92 Å². The van der Waals surface area contributed by atoms with E-state index in [0.717, 1.165) is 5.39 Å². The zero-order valence-electron chi connectivity index (χ0n) is 13.7. The number of benzene rings is 3. The molecule has 0 atom stereocenters. The Labute approximate surface area is 147 Å². The average molecular weight is 354 g/mol. The van der Waals surface area contributed by atoms with E-state index in [2.05, 4.69) is 10.2 Å². The summed E-state index contributed by atoms with van der Waals surface area (Å²) in [7, 11) is 1.58. The van der Waals surface area contributed by atoms with Crippen molar-refractivity contribution in [1.82, 2.24) is 0 Å². The molecule has 3 aromatic carbocycles. The Bertz CT molecular complexity index is 1030. The Kier molecular flexibility index (Phi) is 4.38. The largest absolute Gasteiger partial charge is 0.506 e. The first-order valence-corrected chi connectivity index (χ1v) is 7.53. The van der Waals surface area contributed by atoms with Gasteiger partial charge in [-0.1, -0.05) is 12.1 Å². The number of aromatic hydroxyl groups is 1. The Hall–Kier alpha value is -3.72. The van der Waals surface area contributed by atoms with Crippen molar-refractivity contribution in [3.8, 4) is 5.75 Å². The number of hydrogen-bond donors (Lipinski definition) is 2. The number of rotatable bonds is 4. The summed E-state index contributed by atoms with van der Waals surface area (Å²) in [6.07, 6.45) is 0. The van der Waals surface area contributed by atoms with Crippen LogP contribution in [0.25, 0.3) is 10.8 Å². The third kappa shape index (κ3) is 3.23. The number of nitrogens with zero attached hydrogens (tertiary/aromatic N) is 4. The van der Waals surface area contributed by atoms with Gasteiger partial charge in [-0.3, -0.25) is 10.1 Å². The summed E-state index contributed by atoms with van der Waals surface area (Å²) in [4.78, 5) is 10.4. The summed E-state index contributed by atoms with van der Waals surface area (Å²) in [6, 6.07) is 12.6. The molecule has 0 aromatic heterocycles. The number of phenols is 1. The number of azo groups is 1. The highest BCUT2D eigenvalue weighted by Crippen LogP contribution is 2.38. The van der Waals surface area contributed by atoms with Gasteiger partial charge in [-0.05, 0) is 35.7 Å². The maximum absolute atomic E-state index is 11.0. The van der Waals surface area contributed by atoms with E-state index in [1.165, 1.54) is 29.3 Å². The molecule has 3 aromatic rings. The Morgan fingerprint density at radius 3 is 2.58 bits per heavy atom. The highest BCUT2D eigenvalue weighted by molar-refractivity contribution is 5.97. The van der Waals surface area contributed by atoms with Crippen LogP contribution < -0.4 is 10.8 Å². The molecule has 0 heterocycles. The van der Waals surface area contributed by atoms with Crippen LogP contribution in [0.5, 0.6) is 5.75 Å². The van der Waals surface area contributed by atoms with Gasteiger partial charge in [-0.2, -0.15) is 10.2 Å². The molecule has 9 heteroatoms. The standard InChI is InChI=1S/C17H15N5O4/c1-21(24)12-5-2-10-3-7-16(23)17(13(10)9-12)20-19-11-4-6-14(18)15(8-11)22(25)26/h2-9,23-24H,18H2,1H3/p+1. The zero-order valence-corrected chi connectivity index (χ0v) is 13.7. The molecule has 0 unspecified atom stereocenters. The second-order valence-corrected chi connectivity index (χ2v) is 5.60. The van der Waals surface area contributed by atoms with Crippen molar-refractivity contribution < 1.29 is 15.2 Å². The minimum atomic E-state index is -0.597. The van der Waals surface area contributed by atoms with Gasteiger partial charge in [-0.25, -0.2) is 0 Å². The third-order valence-electron chi connectivity index (χ3n) is 3.82. The Balaban J connectivity index is 2.09. The fraction of sp³-hybridized carbons (Fsp3) is 0.0588. The molecule has 26 heavy (non-hydrogen) atoms. The fourth-order valence-electron chi connectivity index (χ4n) is 2.45. The lowest BCUT2D eigenvalue weighted by Crippen LogP contribution is -2.09. The van der Waals surface area contributed by atoms with Gasteiger partial charge in [0.25, 0.3) is 5.69 Å². The number of phenolic OH excluding ortho intramolecular Hbond substituents is 1. The van der Waals surface area contributed by atoms with Crippen molar-refractivity contribution in [3.05, 3.63) is 58.6 Å². The lowest BCUT2D eigenvalue weighted by Gasteiger charge is -2.09. The Morgan fingerprint density at radius 2 is 1.88 bits per heavy atom. The van der Waals surface area contributed by atoms with Gasteiger partial charge >= 0.3 is 0 Å². The first-order valence-electron chi connectivity index (χ1n) is 7.53. The molecule has 0 amide bonds. The lowest BCUT2D eigenvalue weighted by atomic mass is 10.1. The minimum Gasteiger partial charge on any atom is -0.506 e. The van der Waals surface area contributed by atoms with Crippen LogP contribution >= 0.6 is 0 Å². The summed E-state index contributed by atoms with van der Waals surface area (Å²) in [5.74, 6) is -0.0871. The zero-order chi connectivity index (χ0) is 18.8. The first-order chi connectivity index (χ1) is 12.4. The third-order valence-corrected chi connectivity index (χ3v) is 3.82. The molecule has 0 radical (unpaired) electrons. The molecule has 5 N–H and O–H groups in total. The summed E-state index contributed by atoms with van der Waals surface area (Å²) in [6.45, 7) is 0. The highest BCUT2D eigenvalue weighted by Gasteiger charge is 2.13. The summed E-state index contributed by atoms with van der Waals surface area (Å²) in [5.41, 5.74) is 6.39. The summed E-state index contributed by atoms with van der Waals surface area (Å²) in [5, 5.41) is 39.5. The maximum Gasteiger partial charge on any atom is 0.294 e. The molecule has 3 rings (SSSR count). The van der Waals surface area contributed by atoms with Crippen LogP contribution in [-0.2, 0) is 0 Å². The predicted molar refractivity (Wildman–Crippen MR) is 99.3 cm³/mol. The molecule has 0 aliphatic heterocycles. The van der Waals surface area contributed by atoms with Crippen molar-refractivity contribution in [2.45, 2.75) is 0 Å². The number of fused-ring (bicyclic) bond motifs is 1. The van der Waals surface area contributed by atoms with Crippen LogP contribution in [0.2, 0.25) is 0 Å². The van der Waals surface area contributed by atoms with E-state index in [4.69, 9.17) is 10.9 Å². The van der Waals surface area contributed by atoms with Crippen molar-refractivity contribution in [2.75, 3.05) is 17.8 Å². The monoisotopic (exact) mass is 354 g/mol. The molecule has 0 saturated carbocycles. The molecule has 0 saturated heterocycles. The van der Waals surface area contributed by atoms with E-state index in [1.807, 2.05) is 6.07 Å². The van der Waals surface area contributed by atoms with Crippen LogP contribution in [0.3, 0.4) is 0 Å². The van der Waals surface area contributed by atoms with Gasteiger partial charge in [-0.15, -0.1) is 5.11 Å². The van der Waals surface area contributed by atoms with E-state index in [1.54, 1.807) is 25.2 Å². The molecule has 0 bridgehead atoms. The van der Waals surface area contributed by atoms with Gasteiger partial charge in [0.05, 0.1) is 17.7 Å². The topological polar surface area (TPSA) is 140 Å². The molecule has 132 valence electrons. The molecular formula is C17H16N5O4+. The van der Waals surface area contributed by atoms with Gasteiger partial charge in [0, 0.05) is 11.5 Å². The molecule has 0 spiro atoms.